The number of benzene rings is 1. The molecule has 0 radical (unpaired) electrons. The van der Waals surface area contributed by atoms with E-state index in [4.69, 9.17) is 9.84 Å². The summed E-state index contributed by atoms with van der Waals surface area (Å²) in [6.07, 6.45) is -4.06. The molecule has 1 atom stereocenters. The Morgan fingerprint density at radius 1 is 1.27 bits per heavy atom. The van der Waals surface area contributed by atoms with Crippen molar-refractivity contribution in [1.29, 1.82) is 0 Å². The maximum absolute atomic E-state index is 12.8. The van der Waals surface area contributed by atoms with Crippen LogP contribution >= 0.6 is 0 Å². The standard InChI is InChI=1S/C15H19F2NO4/c1-15(2,13(16)17)8-11(12(19)20)18-14(21)22-9-10-6-4-3-5-7-10/h3-7,11,13H,8-9H2,1-2H3,(H,18,21)(H,19,20). The zero-order chi connectivity index (χ0) is 16.8. The van der Waals surface area contributed by atoms with Gasteiger partial charge in [-0.25, -0.2) is 18.4 Å². The molecule has 0 saturated heterocycles. The summed E-state index contributed by atoms with van der Waals surface area (Å²) >= 11 is 0. The first-order valence-corrected chi connectivity index (χ1v) is 6.70. The van der Waals surface area contributed by atoms with Gasteiger partial charge in [0.15, 0.2) is 0 Å². The predicted molar refractivity (Wildman–Crippen MR) is 75.6 cm³/mol. The molecular weight excluding hydrogens is 296 g/mol. The quantitative estimate of drug-likeness (QED) is 0.811. The van der Waals surface area contributed by atoms with Gasteiger partial charge in [-0.1, -0.05) is 44.2 Å². The number of hydrogen-bond donors (Lipinski definition) is 2. The molecule has 0 aromatic heterocycles. The number of alkyl carbamates (subject to hydrolysis) is 1. The Bertz CT molecular complexity index is 506. The van der Waals surface area contributed by atoms with Gasteiger partial charge in [0.05, 0.1) is 0 Å². The van der Waals surface area contributed by atoms with Gasteiger partial charge in [-0.05, 0) is 12.0 Å². The van der Waals surface area contributed by atoms with Gasteiger partial charge in [0, 0.05) is 5.41 Å². The first-order chi connectivity index (χ1) is 10.2. The molecule has 0 aliphatic rings. The van der Waals surface area contributed by atoms with E-state index in [0.29, 0.717) is 0 Å². The Hall–Kier alpha value is -2.18. The highest BCUT2D eigenvalue weighted by molar-refractivity contribution is 5.79. The molecule has 2 N–H and O–H groups in total. The second kappa shape index (κ2) is 7.72. The zero-order valence-corrected chi connectivity index (χ0v) is 12.4. The number of carboxylic acid groups (broad SMARTS) is 1. The van der Waals surface area contributed by atoms with Crippen LogP contribution in [0.1, 0.15) is 25.8 Å². The van der Waals surface area contributed by atoms with E-state index in [-0.39, 0.29) is 6.61 Å². The first kappa shape index (κ1) is 17.9. The molecule has 1 aromatic rings. The third-order valence-corrected chi connectivity index (χ3v) is 3.12. The Labute approximate surface area is 127 Å². The molecule has 0 fully saturated rings. The number of ether oxygens (including phenoxy) is 1. The molecule has 1 amide bonds. The van der Waals surface area contributed by atoms with Crippen molar-refractivity contribution in [3.05, 3.63) is 35.9 Å². The number of hydrogen-bond acceptors (Lipinski definition) is 3. The second-order valence-electron chi connectivity index (χ2n) is 5.59. The molecule has 1 aromatic carbocycles. The zero-order valence-electron chi connectivity index (χ0n) is 12.4. The molecule has 0 aliphatic heterocycles. The summed E-state index contributed by atoms with van der Waals surface area (Å²) in [5.74, 6) is -1.38. The lowest BCUT2D eigenvalue weighted by Gasteiger charge is -2.27. The smallest absolute Gasteiger partial charge is 0.408 e. The Kier molecular flexibility index (Phi) is 6.27. The molecule has 0 heterocycles. The van der Waals surface area contributed by atoms with Gasteiger partial charge in [0.2, 0.25) is 6.43 Å². The highest BCUT2D eigenvalue weighted by atomic mass is 19.3. The van der Waals surface area contributed by atoms with E-state index in [2.05, 4.69) is 5.32 Å². The minimum Gasteiger partial charge on any atom is -0.480 e. The fourth-order valence-electron chi connectivity index (χ4n) is 1.72. The Morgan fingerprint density at radius 3 is 2.36 bits per heavy atom. The number of alkyl halides is 2. The number of carboxylic acids is 1. The fourth-order valence-corrected chi connectivity index (χ4v) is 1.72. The molecule has 22 heavy (non-hydrogen) atoms. The number of aliphatic carboxylic acids is 1. The molecule has 0 saturated carbocycles. The number of carbonyl (C=O) groups is 2. The Morgan fingerprint density at radius 2 is 1.86 bits per heavy atom. The van der Waals surface area contributed by atoms with Crippen molar-refractivity contribution >= 4 is 12.1 Å². The number of nitrogens with one attached hydrogen (secondary N) is 1. The third-order valence-electron chi connectivity index (χ3n) is 3.12. The Balaban J connectivity index is 2.56. The SMILES string of the molecule is CC(C)(CC(NC(=O)OCc1ccccc1)C(=O)O)C(F)F. The maximum atomic E-state index is 12.8. The lowest BCUT2D eigenvalue weighted by molar-refractivity contribution is -0.141. The van der Waals surface area contributed by atoms with E-state index in [9.17, 15) is 18.4 Å². The van der Waals surface area contributed by atoms with Crippen LogP contribution in [-0.2, 0) is 16.1 Å². The van der Waals surface area contributed by atoms with Crippen LogP contribution in [0.5, 0.6) is 0 Å². The molecule has 0 bridgehead atoms. The molecule has 0 aliphatic carbocycles. The molecule has 1 unspecified atom stereocenters. The molecular formula is C15H19F2NO4. The lowest BCUT2D eigenvalue weighted by atomic mass is 9.86. The summed E-state index contributed by atoms with van der Waals surface area (Å²) in [7, 11) is 0. The van der Waals surface area contributed by atoms with E-state index >= 15 is 0 Å². The number of amides is 1. The monoisotopic (exact) mass is 315 g/mol. The van der Waals surface area contributed by atoms with Gasteiger partial charge >= 0.3 is 12.1 Å². The van der Waals surface area contributed by atoms with Gasteiger partial charge in [0.25, 0.3) is 0 Å². The number of carbonyl (C=O) groups excluding carboxylic acids is 1. The number of halogens is 2. The maximum Gasteiger partial charge on any atom is 0.408 e. The lowest BCUT2D eigenvalue weighted by Crippen LogP contribution is -2.45. The molecule has 0 spiro atoms. The van der Waals surface area contributed by atoms with Gasteiger partial charge in [-0.2, -0.15) is 0 Å². The van der Waals surface area contributed by atoms with Gasteiger partial charge in [0.1, 0.15) is 12.6 Å². The van der Waals surface area contributed by atoms with E-state index in [1.165, 1.54) is 13.8 Å². The van der Waals surface area contributed by atoms with E-state index in [1.54, 1.807) is 30.3 Å². The minimum absolute atomic E-state index is 0.0305. The predicted octanol–water partition coefficient (Wildman–Crippen LogP) is 3.05. The van der Waals surface area contributed by atoms with Crippen LogP contribution < -0.4 is 5.32 Å². The van der Waals surface area contributed by atoms with Crippen molar-refractivity contribution < 1.29 is 28.2 Å². The van der Waals surface area contributed by atoms with Crippen LogP contribution in [-0.4, -0.2) is 29.6 Å². The van der Waals surface area contributed by atoms with Crippen LogP contribution in [0.4, 0.5) is 13.6 Å². The van der Waals surface area contributed by atoms with Crippen molar-refractivity contribution in [3.8, 4) is 0 Å². The fraction of sp³-hybridized carbons (Fsp3) is 0.467. The first-order valence-electron chi connectivity index (χ1n) is 6.70. The summed E-state index contributed by atoms with van der Waals surface area (Å²) < 4.78 is 30.5. The largest absolute Gasteiger partial charge is 0.480 e. The third kappa shape index (κ3) is 5.67. The van der Waals surface area contributed by atoms with Crippen molar-refractivity contribution in [2.45, 2.75) is 39.3 Å². The summed E-state index contributed by atoms with van der Waals surface area (Å²) in [5, 5.41) is 11.1. The summed E-state index contributed by atoms with van der Waals surface area (Å²) in [5.41, 5.74) is -0.798. The topological polar surface area (TPSA) is 75.6 Å². The second-order valence-corrected chi connectivity index (χ2v) is 5.59. The van der Waals surface area contributed by atoms with E-state index in [1.807, 2.05) is 0 Å². The van der Waals surface area contributed by atoms with Gasteiger partial charge in [-0.3, -0.25) is 0 Å². The molecule has 122 valence electrons. The molecule has 7 heteroatoms. The van der Waals surface area contributed by atoms with Crippen molar-refractivity contribution in [2.24, 2.45) is 5.41 Å². The van der Waals surface area contributed by atoms with Gasteiger partial charge in [-0.15, -0.1) is 0 Å². The molecule has 5 nitrogen and oxygen atoms in total. The summed E-state index contributed by atoms with van der Waals surface area (Å²) in [6.45, 7) is 2.45. The van der Waals surface area contributed by atoms with Gasteiger partial charge < -0.3 is 15.2 Å². The highest BCUT2D eigenvalue weighted by Gasteiger charge is 2.36. The van der Waals surface area contributed by atoms with Crippen molar-refractivity contribution in [3.63, 3.8) is 0 Å². The van der Waals surface area contributed by atoms with Crippen molar-refractivity contribution in [1.82, 2.24) is 5.32 Å². The average Bonchev–Trinajstić information content (AvgIpc) is 2.45. The highest BCUT2D eigenvalue weighted by Crippen LogP contribution is 2.30. The van der Waals surface area contributed by atoms with E-state index in [0.717, 1.165) is 5.56 Å². The van der Waals surface area contributed by atoms with Crippen LogP contribution in [0.25, 0.3) is 0 Å². The van der Waals surface area contributed by atoms with Crippen LogP contribution in [0.2, 0.25) is 0 Å². The van der Waals surface area contributed by atoms with Crippen LogP contribution in [0.15, 0.2) is 30.3 Å². The average molecular weight is 315 g/mol. The normalized spacial score (nSPS) is 12.8. The van der Waals surface area contributed by atoms with Crippen LogP contribution in [0.3, 0.4) is 0 Å². The minimum atomic E-state index is -2.70. The summed E-state index contributed by atoms with van der Waals surface area (Å²) in [4.78, 5) is 22.7. The number of rotatable bonds is 7. The van der Waals surface area contributed by atoms with Crippen LogP contribution in [0, 0.1) is 5.41 Å². The van der Waals surface area contributed by atoms with Crippen molar-refractivity contribution in [2.75, 3.05) is 0 Å². The molecule has 1 rings (SSSR count). The van der Waals surface area contributed by atoms with E-state index < -0.39 is 36.4 Å². The summed E-state index contributed by atoms with van der Waals surface area (Å²) in [6, 6.07) is 7.37.